The Hall–Kier alpha value is -2.41. The van der Waals surface area contributed by atoms with Gasteiger partial charge in [0.2, 0.25) is 0 Å². The Balaban J connectivity index is 2.25. The van der Waals surface area contributed by atoms with Gasteiger partial charge in [-0.25, -0.2) is 0 Å². The van der Waals surface area contributed by atoms with E-state index in [0.717, 1.165) is 0 Å². The van der Waals surface area contributed by atoms with Gasteiger partial charge in [0.1, 0.15) is 5.75 Å². The van der Waals surface area contributed by atoms with Crippen LogP contribution in [-0.4, -0.2) is 18.6 Å². The number of phenolic OH excluding ortho intramolecular Hbond substituents is 1. The molecule has 0 amide bonds. The Labute approximate surface area is 124 Å². The largest absolute Gasteiger partial charge is 0.573 e. The van der Waals surface area contributed by atoms with Gasteiger partial charge >= 0.3 is 6.36 Å². The maximum Gasteiger partial charge on any atom is 0.573 e. The van der Waals surface area contributed by atoms with Crippen LogP contribution in [0.25, 0.3) is 0 Å². The van der Waals surface area contributed by atoms with Crippen molar-refractivity contribution in [1.29, 1.82) is 0 Å². The lowest BCUT2D eigenvalue weighted by Crippen LogP contribution is -2.17. The molecule has 0 fully saturated rings. The molecule has 0 aromatic heterocycles. The molecule has 0 aliphatic carbocycles. The zero-order chi connectivity index (χ0) is 16.3. The SMILES string of the molecule is COc1cccc([C@H](N)c2ccc(OC(F)(F)F)cc2)c1O. The number of hydrogen-bond donors (Lipinski definition) is 2. The summed E-state index contributed by atoms with van der Waals surface area (Å²) in [6, 6.07) is 9.29. The average molecular weight is 313 g/mol. The van der Waals surface area contributed by atoms with E-state index in [2.05, 4.69) is 4.74 Å². The maximum atomic E-state index is 12.1. The van der Waals surface area contributed by atoms with Crippen molar-refractivity contribution in [3.8, 4) is 17.2 Å². The first-order chi connectivity index (χ1) is 10.3. The molecular formula is C15H14F3NO3. The Morgan fingerprint density at radius 1 is 1.09 bits per heavy atom. The van der Waals surface area contributed by atoms with E-state index >= 15 is 0 Å². The molecule has 0 aliphatic rings. The average Bonchev–Trinajstić information content (AvgIpc) is 2.46. The summed E-state index contributed by atoms with van der Waals surface area (Å²) < 4.78 is 45.1. The van der Waals surface area contributed by atoms with Gasteiger partial charge in [-0.1, -0.05) is 24.3 Å². The number of nitrogens with two attached hydrogens (primary N) is 1. The van der Waals surface area contributed by atoms with Gasteiger partial charge in [0.05, 0.1) is 13.2 Å². The van der Waals surface area contributed by atoms with Crippen molar-refractivity contribution in [3.05, 3.63) is 53.6 Å². The van der Waals surface area contributed by atoms with Gasteiger partial charge < -0.3 is 20.3 Å². The van der Waals surface area contributed by atoms with Crippen LogP contribution in [-0.2, 0) is 0 Å². The highest BCUT2D eigenvalue weighted by molar-refractivity contribution is 5.49. The molecule has 0 saturated heterocycles. The van der Waals surface area contributed by atoms with Gasteiger partial charge in [0, 0.05) is 5.56 Å². The molecule has 2 aromatic rings. The lowest BCUT2D eigenvalue weighted by Gasteiger charge is -2.16. The van der Waals surface area contributed by atoms with Crippen molar-refractivity contribution >= 4 is 0 Å². The van der Waals surface area contributed by atoms with Crippen LogP contribution in [0.4, 0.5) is 13.2 Å². The van der Waals surface area contributed by atoms with E-state index in [0.29, 0.717) is 11.1 Å². The summed E-state index contributed by atoms with van der Waals surface area (Å²) in [4.78, 5) is 0. The van der Waals surface area contributed by atoms with Gasteiger partial charge in [-0.2, -0.15) is 0 Å². The standard InChI is InChI=1S/C15H14F3NO3/c1-21-12-4-2-3-11(14(12)20)13(19)9-5-7-10(8-6-9)22-15(16,17)18/h2-8,13,20H,19H2,1H3/t13-/m1/s1. The summed E-state index contributed by atoms with van der Waals surface area (Å²) >= 11 is 0. The van der Waals surface area contributed by atoms with Crippen LogP contribution in [0.2, 0.25) is 0 Å². The Bertz CT molecular complexity index is 641. The van der Waals surface area contributed by atoms with E-state index in [1.165, 1.54) is 31.4 Å². The Morgan fingerprint density at radius 3 is 2.27 bits per heavy atom. The zero-order valence-corrected chi connectivity index (χ0v) is 11.6. The summed E-state index contributed by atoms with van der Waals surface area (Å²) in [7, 11) is 1.41. The highest BCUT2D eigenvalue weighted by Gasteiger charge is 2.31. The van der Waals surface area contributed by atoms with Gasteiger partial charge in [-0.05, 0) is 23.8 Å². The smallest absolute Gasteiger partial charge is 0.504 e. The van der Waals surface area contributed by atoms with Crippen LogP contribution in [0.1, 0.15) is 17.2 Å². The second kappa shape index (κ2) is 6.15. The summed E-state index contributed by atoms with van der Waals surface area (Å²) in [6.07, 6.45) is -4.74. The molecule has 22 heavy (non-hydrogen) atoms. The predicted octanol–water partition coefficient (Wildman–Crippen LogP) is 3.35. The number of aromatic hydroxyl groups is 1. The highest BCUT2D eigenvalue weighted by atomic mass is 19.4. The number of methoxy groups -OCH3 is 1. The van der Waals surface area contributed by atoms with Gasteiger partial charge in [0.15, 0.2) is 11.5 Å². The Kier molecular flexibility index (Phi) is 4.46. The number of hydrogen-bond acceptors (Lipinski definition) is 4. The van der Waals surface area contributed by atoms with E-state index in [4.69, 9.17) is 10.5 Å². The van der Waals surface area contributed by atoms with E-state index in [9.17, 15) is 18.3 Å². The number of halogens is 3. The number of benzene rings is 2. The van der Waals surface area contributed by atoms with E-state index in [1.54, 1.807) is 18.2 Å². The first-order valence-electron chi connectivity index (χ1n) is 6.29. The zero-order valence-electron chi connectivity index (χ0n) is 11.6. The molecular weight excluding hydrogens is 299 g/mol. The monoisotopic (exact) mass is 313 g/mol. The molecule has 0 spiro atoms. The van der Waals surface area contributed by atoms with E-state index in [1.807, 2.05) is 0 Å². The van der Waals surface area contributed by atoms with Crippen LogP contribution in [0, 0.1) is 0 Å². The summed E-state index contributed by atoms with van der Waals surface area (Å²) in [5, 5.41) is 10.0. The molecule has 7 heteroatoms. The third-order valence-electron chi connectivity index (χ3n) is 3.06. The minimum Gasteiger partial charge on any atom is -0.504 e. The molecule has 0 radical (unpaired) electrons. The fraction of sp³-hybridized carbons (Fsp3) is 0.200. The summed E-state index contributed by atoms with van der Waals surface area (Å²) in [5.74, 6) is -0.170. The van der Waals surface area contributed by atoms with Crippen molar-refractivity contribution < 1.29 is 27.8 Å². The molecule has 2 rings (SSSR count). The first-order valence-corrected chi connectivity index (χ1v) is 6.29. The van der Waals surface area contributed by atoms with Gasteiger partial charge in [-0.15, -0.1) is 13.2 Å². The predicted molar refractivity (Wildman–Crippen MR) is 73.8 cm³/mol. The maximum absolute atomic E-state index is 12.1. The number of ether oxygens (including phenoxy) is 2. The van der Waals surface area contributed by atoms with E-state index < -0.39 is 12.4 Å². The highest BCUT2D eigenvalue weighted by Crippen LogP contribution is 2.35. The topological polar surface area (TPSA) is 64.7 Å². The fourth-order valence-corrected chi connectivity index (χ4v) is 2.01. The molecule has 1 atom stereocenters. The molecule has 3 N–H and O–H groups in total. The molecule has 0 saturated carbocycles. The third-order valence-corrected chi connectivity index (χ3v) is 3.06. The van der Waals surface area contributed by atoms with Crippen LogP contribution < -0.4 is 15.2 Å². The quantitative estimate of drug-likeness (QED) is 0.908. The molecule has 0 heterocycles. The van der Waals surface area contributed by atoms with Crippen molar-refractivity contribution in [2.45, 2.75) is 12.4 Å². The molecule has 2 aromatic carbocycles. The van der Waals surface area contributed by atoms with Crippen molar-refractivity contribution in [1.82, 2.24) is 0 Å². The van der Waals surface area contributed by atoms with Crippen molar-refractivity contribution in [3.63, 3.8) is 0 Å². The minimum atomic E-state index is -4.74. The third kappa shape index (κ3) is 3.62. The second-order valence-corrected chi connectivity index (χ2v) is 4.49. The van der Waals surface area contributed by atoms with Crippen LogP contribution in [0.5, 0.6) is 17.2 Å². The van der Waals surface area contributed by atoms with E-state index in [-0.39, 0.29) is 17.2 Å². The summed E-state index contributed by atoms with van der Waals surface area (Å²) in [5.41, 5.74) is 6.97. The lowest BCUT2D eigenvalue weighted by molar-refractivity contribution is -0.274. The van der Waals surface area contributed by atoms with Crippen LogP contribution in [0.15, 0.2) is 42.5 Å². The van der Waals surface area contributed by atoms with Crippen molar-refractivity contribution in [2.75, 3.05) is 7.11 Å². The molecule has 4 nitrogen and oxygen atoms in total. The van der Waals surface area contributed by atoms with Crippen LogP contribution >= 0.6 is 0 Å². The molecule has 118 valence electrons. The molecule has 0 unspecified atom stereocenters. The van der Waals surface area contributed by atoms with Gasteiger partial charge in [-0.3, -0.25) is 0 Å². The second-order valence-electron chi connectivity index (χ2n) is 4.49. The number of rotatable bonds is 4. The summed E-state index contributed by atoms with van der Waals surface area (Å²) in [6.45, 7) is 0. The number of phenols is 1. The Morgan fingerprint density at radius 2 is 1.73 bits per heavy atom. The normalized spacial score (nSPS) is 12.8. The first kappa shape index (κ1) is 16.0. The molecule has 0 aliphatic heterocycles. The minimum absolute atomic E-state index is 0.104. The van der Waals surface area contributed by atoms with Gasteiger partial charge in [0.25, 0.3) is 0 Å². The van der Waals surface area contributed by atoms with Crippen LogP contribution in [0.3, 0.4) is 0 Å². The number of alkyl halides is 3. The fourth-order valence-electron chi connectivity index (χ4n) is 2.01. The van der Waals surface area contributed by atoms with Crippen molar-refractivity contribution in [2.24, 2.45) is 5.73 Å². The number of para-hydroxylation sites is 1. The lowest BCUT2D eigenvalue weighted by atomic mass is 9.98. The molecule has 0 bridgehead atoms.